The molecule has 2 aromatic rings. The SMILES string of the molecule is O=C(NCC1CCN(C2CCOC2)CC1)c1csc(-c2ccccc2)n1. The summed E-state index contributed by atoms with van der Waals surface area (Å²) >= 11 is 1.52. The molecule has 0 saturated carbocycles. The maximum Gasteiger partial charge on any atom is 0.270 e. The number of amides is 1. The van der Waals surface area contributed by atoms with Gasteiger partial charge < -0.3 is 10.1 Å². The highest BCUT2D eigenvalue weighted by atomic mass is 32.1. The van der Waals surface area contributed by atoms with Crippen molar-refractivity contribution in [1.82, 2.24) is 15.2 Å². The van der Waals surface area contributed by atoms with Crippen LogP contribution in [0.2, 0.25) is 0 Å². The number of benzene rings is 1. The van der Waals surface area contributed by atoms with Crippen molar-refractivity contribution < 1.29 is 9.53 Å². The maximum absolute atomic E-state index is 12.4. The number of rotatable bonds is 5. The van der Waals surface area contributed by atoms with E-state index in [1.54, 1.807) is 0 Å². The van der Waals surface area contributed by atoms with E-state index < -0.39 is 0 Å². The quantitative estimate of drug-likeness (QED) is 0.878. The number of thiazole rings is 1. The van der Waals surface area contributed by atoms with Crippen molar-refractivity contribution in [3.8, 4) is 10.6 Å². The van der Waals surface area contributed by atoms with Crippen LogP contribution in [0, 0.1) is 5.92 Å². The zero-order chi connectivity index (χ0) is 17.8. The fourth-order valence-corrected chi connectivity index (χ4v) is 4.56. The molecular weight excluding hydrogens is 346 g/mol. The number of carbonyl (C=O) groups is 1. The van der Waals surface area contributed by atoms with Gasteiger partial charge in [-0.15, -0.1) is 11.3 Å². The number of carbonyl (C=O) groups excluding carboxylic acids is 1. The summed E-state index contributed by atoms with van der Waals surface area (Å²) in [6.07, 6.45) is 3.45. The number of hydrogen-bond donors (Lipinski definition) is 1. The van der Waals surface area contributed by atoms with Crippen LogP contribution in [0.5, 0.6) is 0 Å². The van der Waals surface area contributed by atoms with Gasteiger partial charge in [0.25, 0.3) is 5.91 Å². The Labute approximate surface area is 158 Å². The van der Waals surface area contributed by atoms with Crippen LogP contribution < -0.4 is 5.32 Å². The Hall–Kier alpha value is -1.76. The summed E-state index contributed by atoms with van der Waals surface area (Å²) < 4.78 is 5.49. The first-order valence-electron chi connectivity index (χ1n) is 9.40. The summed E-state index contributed by atoms with van der Waals surface area (Å²) in [4.78, 5) is 19.5. The van der Waals surface area contributed by atoms with E-state index in [1.165, 1.54) is 11.3 Å². The fraction of sp³-hybridized carbons (Fsp3) is 0.500. The van der Waals surface area contributed by atoms with Crippen molar-refractivity contribution in [1.29, 1.82) is 0 Å². The third-order valence-electron chi connectivity index (χ3n) is 5.38. The molecule has 1 aromatic carbocycles. The van der Waals surface area contributed by atoms with E-state index in [9.17, 15) is 4.79 Å². The van der Waals surface area contributed by atoms with Gasteiger partial charge in [0.1, 0.15) is 10.7 Å². The second-order valence-electron chi connectivity index (χ2n) is 7.11. The lowest BCUT2D eigenvalue weighted by Gasteiger charge is -2.35. The van der Waals surface area contributed by atoms with E-state index in [-0.39, 0.29) is 5.91 Å². The molecule has 0 spiro atoms. The van der Waals surface area contributed by atoms with Crippen LogP contribution in [0.15, 0.2) is 35.7 Å². The van der Waals surface area contributed by atoms with E-state index >= 15 is 0 Å². The smallest absolute Gasteiger partial charge is 0.270 e. The van der Waals surface area contributed by atoms with Crippen LogP contribution in [0.1, 0.15) is 29.8 Å². The Kier molecular flexibility index (Phi) is 5.62. The largest absolute Gasteiger partial charge is 0.380 e. The van der Waals surface area contributed by atoms with Gasteiger partial charge in [-0.3, -0.25) is 9.69 Å². The third kappa shape index (κ3) is 4.14. The molecule has 2 aliphatic heterocycles. The van der Waals surface area contributed by atoms with Crippen LogP contribution in [0.3, 0.4) is 0 Å². The number of nitrogens with one attached hydrogen (secondary N) is 1. The first kappa shape index (κ1) is 17.6. The number of ether oxygens (including phenoxy) is 1. The van der Waals surface area contributed by atoms with E-state index in [1.807, 2.05) is 35.7 Å². The third-order valence-corrected chi connectivity index (χ3v) is 6.27. The van der Waals surface area contributed by atoms with Crippen LogP contribution in [-0.4, -0.2) is 54.7 Å². The first-order valence-corrected chi connectivity index (χ1v) is 10.3. The zero-order valence-corrected chi connectivity index (χ0v) is 15.7. The molecule has 138 valence electrons. The Morgan fingerprint density at radius 2 is 2.04 bits per heavy atom. The Morgan fingerprint density at radius 1 is 1.23 bits per heavy atom. The van der Waals surface area contributed by atoms with Crippen molar-refractivity contribution in [3.63, 3.8) is 0 Å². The monoisotopic (exact) mass is 371 g/mol. The van der Waals surface area contributed by atoms with E-state index in [4.69, 9.17) is 4.74 Å². The fourth-order valence-electron chi connectivity index (χ4n) is 3.75. The van der Waals surface area contributed by atoms with Crippen LogP contribution in [0.25, 0.3) is 10.6 Å². The van der Waals surface area contributed by atoms with Gasteiger partial charge in [0.15, 0.2) is 0 Å². The Morgan fingerprint density at radius 3 is 2.77 bits per heavy atom. The highest BCUT2D eigenvalue weighted by Gasteiger charge is 2.27. The van der Waals surface area contributed by atoms with Gasteiger partial charge in [-0.2, -0.15) is 0 Å². The van der Waals surface area contributed by atoms with Gasteiger partial charge >= 0.3 is 0 Å². The second-order valence-corrected chi connectivity index (χ2v) is 7.97. The summed E-state index contributed by atoms with van der Waals surface area (Å²) in [7, 11) is 0. The number of piperidine rings is 1. The minimum atomic E-state index is -0.0601. The van der Waals surface area contributed by atoms with Gasteiger partial charge in [0.2, 0.25) is 0 Å². The molecule has 1 amide bonds. The molecule has 2 fully saturated rings. The van der Waals surface area contributed by atoms with Crippen molar-refractivity contribution >= 4 is 17.2 Å². The molecule has 6 heteroatoms. The molecule has 2 aliphatic rings. The summed E-state index contributed by atoms with van der Waals surface area (Å²) in [6.45, 7) is 4.76. The molecule has 1 atom stereocenters. The van der Waals surface area contributed by atoms with Crippen molar-refractivity contribution in [2.45, 2.75) is 25.3 Å². The van der Waals surface area contributed by atoms with Gasteiger partial charge in [-0.1, -0.05) is 30.3 Å². The molecule has 0 aliphatic carbocycles. The minimum absolute atomic E-state index is 0.0601. The normalized spacial score (nSPS) is 21.8. The second kappa shape index (κ2) is 8.29. The van der Waals surface area contributed by atoms with Crippen molar-refractivity contribution in [3.05, 3.63) is 41.4 Å². The molecule has 1 unspecified atom stereocenters. The molecule has 0 bridgehead atoms. The number of hydrogen-bond acceptors (Lipinski definition) is 5. The Balaban J connectivity index is 1.25. The summed E-state index contributed by atoms with van der Waals surface area (Å²) in [5.74, 6) is 0.500. The van der Waals surface area contributed by atoms with Crippen LogP contribution >= 0.6 is 11.3 Å². The average Bonchev–Trinajstić information content (AvgIpc) is 3.39. The summed E-state index contributed by atoms with van der Waals surface area (Å²) in [5, 5.41) is 5.82. The highest BCUT2D eigenvalue weighted by molar-refractivity contribution is 7.13. The molecule has 1 N–H and O–H groups in total. The minimum Gasteiger partial charge on any atom is -0.380 e. The first-order chi connectivity index (χ1) is 12.8. The molecule has 5 nitrogen and oxygen atoms in total. The predicted octanol–water partition coefficient (Wildman–Crippen LogP) is 3.04. The zero-order valence-electron chi connectivity index (χ0n) is 14.9. The summed E-state index contributed by atoms with van der Waals surface area (Å²) in [6, 6.07) is 10.6. The lowest BCUT2D eigenvalue weighted by Crippen LogP contribution is -2.44. The number of nitrogens with zero attached hydrogens (tertiary/aromatic N) is 2. The lowest BCUT2D eigenvalue weighted by atomic mass is 9.95. The average molecular weight is 372 g/mol. The van der Waals surface area contributed by atoms with Crippen molar-refractivity contribution in [2.24, 2.45) is 5.92 Å². The molecule has 3 heterocycles. The molecule has 0 radical (unpaired) electrons. The lowest BCUT2D eigenvalue weighted by molar-refractivity contribution is 0.0907. The van der Waals surface area contributed by atoms with E-state index in [0.29, 0.717) is 17.7 Å². The molecule has 26 heavy (non-hydrogen) atoms. The number of likely N-dealkylation sites (tertiary alicyclic amines) is 1. The van der Waals surface area contributed by atoms with E-state index in [2.05, 4.69) is 15.2 Å². The molecule has 1 aromatic heterocycles. The standard InChI is InChI=1S/C20H25N3O2S/c24-19(18-14-26-20(22-18)16-4-2-1-3-5-16)21-12-15-6-9-23(10-7-15)17-8-11-25-13-17/h1-5,14-15,17H,6-13H2,(H,21,24). The molecule has 4 rings (SSSR count). The van der Waals surface area contributed by atoms with Crippen molar-refractivity contribution in [2.75, 3.05) is 32.8 Å². The van der Waals surface area contributed by atoms with Crippen LogP contribution in [0.4, 0.5) is 0 Å². The Bertz CT molecular complexity index is 720. The molecular formula is C20H25N3O2S. The topological polar surface area (TPSA) is 54.5 Å². The maximum atomic E-state index is 12.4. The van der Waals surface area contributed by atoms with Crippen LogP contribution in [-0.2, 0) is 4.74 Å². The van der Waals surface area contributed by atoms with Gasteiger partial charge in [-0.05, 0) is 38.3 Å². The summed E-state index contributed by atoms with van der Waals surface area (Å²) in [5.41, 5.74) is 1.58. The van der Waals surface area contributed by atoms with Gasteiger partial charge in [0, 0.05) is 30.1 Å². The number of aromatic nitrogens is 1. The van der Waals surface area contributed by atoms with Gasteiger partial charge in [-0.25, -0.2) is 4.98 Å². The highest BCUT2D eigenvalue weighted by Crippen LogP contribution is 2.24. The van der Waals surface area contributed by atoms with Gasteiger partial charge in [0.05, 0.1) is 6.61 Å². The van der Waals surface area contributed by atoms with E-state index in [0.717, 1.165) is 62.7 Å². The predicted molar refractivity (Wildman–Crippen MR) is 103 cm³/mol. The molecule has 2 saturated heterocycles.